The first-order valence-electron chi connectivity index (χ1n) is 2.70. The van der Waals surface area contributed by atoms with Gasteiger partial charge in [0.15, 0.2) is 0 Å². The molecule has 0 aromatic heterocycles. The quantitative estimate of drug-likeness (QED) is 0.585. The number of halogens is 2. The van der Waals surface area contributed by atoms with Crippen LogP contribution >= 0.6 is 19.3 Å². The fourth-order valence-electron chi connectivity index (χ4n) is 0.463. The minimum absolute atomic E-state index is 0.341. The molecule has 0 nitrogen and oxygen atoms in total. The Balaban J connectivity index is 3.39. The van der Waals surface area contributed by atoms with E-state index in [4.69, 9.17) is 19.3 Å². The van der Waals surface area contributed by atoms with Crippen molar-refractivity contribution in [2.45, 2.75) is 25.7 Å². The normalized spacial score (nSPS) is 11.6. The molecular weight excluding hydrogens is 201 g/mol. The molecule has 0 aromatic rings. The predicted octanol–water partition coefficient (Wildman–Crippen LogP) is 3.00. The second-order valence-corrected chi connectivity index (χ2v) is 12.3. The van der Waals surface area contributed by atoms with Gasteiger partial charge in [-0.25, -0.2) is 0 Å². The van der Waals surface area contributed by atoms with Gasteiger partial charge in [0.2, 0.25) is 0 Å². The molecule has 0 amide bonds. The Morgan fingerprint density at radius 3 is 1.62 bits per heavy atom. The molecule has 0 heterocycles. The molecule has 0 rings (SSSR count). The summed E-state index contributed by atoms with van der Waals surface area (Å²) in [4.78, 5) is 1.04. The van der Waals surface area contributed by atoms with Gasteiger partial charge in [-0.2, -0.15) is 0 Å². The third-order valence-electron chi connectivity index (χ3n) is 0.767. The molecule has 0 bridgehead atoms. The van der Waals surface area contributed by atoms with Crippen LogP contribution in [-0.2, 0) is 0 Å². The molecule has 0 radical (unpaired) electrons. The molecule has 48 valence electrons. The molecule has 0 aliphatic carbocycles. The molecule has 0 fully saturated rings. The van der Waals surface area contributed by atoms with Crippen LogP contribution in [0.3, 0.4) is 0 Å². The first-order valence-corrected chi connectivity index (χ1v) is 10.8. The minimum atomic E-state index is -1.75. The molecule has 0 aliphatic rings. The van der Waals surface area contributed by atoms with Crippen molar-refractivity contribution in [2.75, 3.05) is 0 Å². The Bertz CT molecular complexity index is 65.3. The van der Waals surface area contributed by atoms with E-state index in [0.717, 1.165) is 4.98 Å². The van der Waals surface area contributed by atoms with Crippen molar-refractivity contribution in [1.29, 1.82) is 0 Å². The van der Waals surface area contributed by atoms with Crippen LogP contribution in [0.25, 0.3) is 0 Å². The van der Waals surface area contributed by atoms with E-state index in [1.54, 1.807) is 0 Å². The summed E-state index contributed by atoms with van der Waals surface area (Å²) in [6.07, 6.45) is 0. The Kier molecular flexibility index (Phi) is 3.92. The molecule has 0 aromatic carbocycles. The van der Waals surface area contributed by atoms with Gasteiger partial charge >= 0.3 is 64.7 Å². The van der Waals surface area contributed by atoms with Crippen LogP contribution in [0.15, 0.2) is 0 Å². The monoisotopic (exact) mass is 210 g/mol. The summed E-state index contributed by atoms with van der Waals surface area (Å²) in [5.41, 5.74) is 0.341. The van der Waals surface area contributed by atoms with Crippen LogP contribution in [0.2, 0.25) is 4.98 Å². The van der Waals surface area contributed by atoms with Gasteiger partial charge in [-0.1, -0.05) is 0 Å². The van der Waals surface area contributed by atoms with Crippen molar-refractivity contribution in [2.24, 2.45) is 5.41 Å². The zero-order valence-corrected chi connectivity index (χ0v) is 9.47. The summed E-state index contributed by atoms with van der Waals surface area (Å²) in [6.45, 7) is 6.49. The molecule has 0 spiro atoms. The molecule has 0 aliphatic heterocycles. The Morgan fingerprint density at radius 1 is 1.25 bits per heavy atom. The first-order chi connectivity index (χ1) is 3.42. The first kappa shape index (κ1) is 9.22. The summed E-state index contributed by atoms with van der Waals surface area (Å²) >= 11 is -1.75. The molecule has 0 atom stereocenters. The fraction of sp³-hybridized carbons (Fsp3) is 1.00. The van der Waals surface area contributed by atoms with Gasteiger partial charge in [0.1, 0.15) is 0 Å². The van der Waals surface area contributed by atoms with Gasteiger partial charge in [-0.15, -0.1) is 0 Å². The van der Waals surface area contributed by atoms with E-state index in [1.807, 2.05) is 0 Å². The van der Waals surface area contributed by atoms with Crippen molar-refractivity contribution in [1.82, 2.24) is 0 Å². The van der Waals surface area contributed by atoms with Crippen LogP contribution in [0.1, 0.15) is 20.8 Å². The van der Waals surface area contributed by atoms with Crippen LogP contribution in [0.4, 0.5) is 0 Å². The Morgan fingerprint density at radius 2 is 1.62 bits per heavy atom. The fourth-order valence-corrected chi connectivity index (χ4v) is 7.22. The summed E-state index contributed by atoms with van der Waals surface area (Å²) in [6, 6.07) is 0. The Labute approximate surface area is 64.6 Å². The van der Waals surface area contributed by atoms with Crippen molar-refractivity contribution in [3.05, 3.63) is 0 Å². The third kappa shape index (κ3) is 7.22. The predicted molar refractivity (Wildman–Crippen MR) is 41.7 cm³/mol. The summed E-state index contributed by atoms with van der Waals surface area (Å²) < 4.78 is 0. The van der Waals surface area contributed by atoms with Crippen LogP contribution in [-0.4, -0.2) is 14.2 Å². The molecule has 0 N–H and O–H groups in total. The average molecular weight is 212 g/mol. The standard InChI is InChI=1S/C5H11.2ClH.Ga/c1-5(2,3)4;;;/h1H2,2-4H3;2*1H;/q;;;+2/p-2. The molecule has 3 heteroatoms. The van der Waals surface area contributed by atoms with Crippen LogP contribution in [0, 0.1) is 5.41 Å². The van der Waals surface area contributed by atoms with Crippen LogP contribution in [0.5, 0.6) is 0 Å². The van der Waals surface area contributed by atoms with E-state index in [1.165, 1.54) is 0 Å². The SMILES string of the molecule is CC(C)(C)[CH2][Ga]([Cl])[Cl]. The number of hydrogen-bond donors (Lipinski definition) is 0. The molecule has 0 saturated carbocycles. The maximum absolute atomic E-state index is 5.72. The van der Waals surface area contributed by atoms with Gasteiger partial charge in [0.05, 0.1) is 0 Å². The van der Waals surface area contributed by atoms with E-state index in [0.29, 0.717) is 5.41 Å². The third-order valence-corrected chi connectivity index (χ3v) is 5.59. The van der Waals surface area contributed by atoms with Gasteiger partial charge in [0, 0.05) is 0 Å². The van der Waals surface area contributed by atoms with E-state index in [2.05, 4.69) is 20.8 Å². The average Bonchev–Trinajstić information content (AvgIpc) is 1.21. The summed E-state index contributed by atoms with van der Waals surface area (Å²) in [5, 5.41) is 0. The van der Waals surface area contributed by atoms with Crippen molar-refractivity contribution < 1.29 is 0 Å². The molecule has 0 unspecified atom stereocenters. The zero-order chi connectivity index (χ0) is 6.78. The van der Waals surface area contributed by atoms with Crippen molar-refractivity contribution in [3.63, 3.8) is 0 Å². The number of hydrogen-bond acceptors (Lipinski definition) is 0. The summed E-state index contributed by atoms with van der Waals surface area (Å²) in [7, 11) is 11.4. The second-order valence-electron chi connectivity index (χ2n) is 3.16. The van der Waals surface area contributed by atoms with E-state index >= 15 is 0 Å². The van der Waals surface area contributed by atoms with Gasteiger partial charge in [-0.3, -0.25) is 0 Å². The van der Waals surface area contributed by atoms with Crippen molar-refractivity contribution in [3.8, 4) is 0 Å². The second kappa shape index (κ2) is 3.40. The molecule has 8 heavy (non-hydrogen) atoms. The van der Waals surface area contributed by atoms with E-state index in [9.17, 15) is 0 Å². The maximum atomic E-state index is 5.72. The topological polar surface area (TPSA) is 0 Å². The van der Waals surface area contributed by atoms with Gasteiger partial charge in [0.25, 0.3) is 0 Å². The zero-order valence-electron chi connectivity index (χ0n) is 5.54. The Hall–Kier alpha value is 1.22. The molecule has 0 saturated heterocycles. The number of rotatable bonds is 1. The van der Waals surface area contributed by atoms with Gasteiger partial charge < -0.3 is 0 Å². The van der Waals surface area contributed by atoms with Gasteiger partial charge in [-0.05, 0) is 0 Å². The van der Waals surface area contributed by atoms with E-state index in [-0.39, 0.29) is 0 Å². The summed E-state index contributed by atoms with van der Waals surface area (Å²) in [5.74, 6) is 0. The van der Waals surface area contributed by atoms with Crippen molar-refractivity contribution >= 4 is 33.5 Å². The van der Waals surface area contributed by atoms with E-state index < -0.39 is 14.2 Å². The molecular formula is C5H11Cl2Ga. The van der Waals surface area contributed by atoms with Crippen LogP contribution < -0.4 is 0 Å².